The summed E-state index contributed by atoms with van der Waals surface area (Å²) < 4.78 is 27.4. The van der Waals surface area contributed by atoms with E-state index in [1.165, 1.54) is 12.1 Å². The van der Waals surface area contributed by atoms with Crippen LogP contribution in [0.4, 0.5) is 5.69 Å². The maximum atomic E-state index is 12.6. The number of amides is 1. The van der Waals surface area contributed by atoms with Crippen molar-refractivity contribution in [1.82, 2.24) is 4.72 Å². The molecule has 0 aromatic heterocycles. The molecular weight excluding hydrogens is 336 g/mol. The van der Waals surface area contributed by atoms with Crippen molar-refractivity contribution in [2.45, 2.75) is 44.6 Å². The Kier molecular flexibility index (Phi) is 4.67. The van der Waals surface area contributed by atoms with Crippen molar-refractivity contribution in [3.63, 3.8) is 0 Å². The lowest BCUT2D eigenvalue weighted by Crippen LogP contribution is -2.26. The Labute approximate surface area is 148 Å². The Morgan fingerprint density at radius 3 is 2.28 bits per heavy atom. The van der Waals surface area contributed by atoms with Gasteiger partial charge in [0.05, 0.1) is 4.90 Å². The van der Waals surface area contributed by atoms with E-state index in [9.17, 15) is 13.2 Å². The van der Waals surface area contributed by atoms with E-state index in [-0.39, 0.29) is 16.8 Å². The Hall–Kier alpha value is -2.18. The lowest BCUT2D eigenvalue weighted by atomic mass is 10.1. The molecule has 1 fully saturated rings. The third-order valence-corrected chi connectivity index (χ3v) is 5.95. The Morgan fingerprint density at radius 2 is 1.64 bits per heavy atom. The lowest BCUT2D eigenvalue weighted by molar-refractivity contribution is 0.102. The summed E-state index contributed by atoms with van der Waals surface area (Å²) in [5.41, 5.74) is 4.01. The highest BCUT2D eigenvalue weighted by molar-refractivity contribution is 7.89. The van der Waals surface area contributed by atoms with Gasteiger partial charge in [0.25, 0.3) is 5.91 Å². The van der Waals surface area contributed by atoms with E-state index in [0.29, 0.717) is 11.3 Å². The number of anilines is 1. The van der Waals surface area contributed by atoms with Gasteiger partial charge in [-0.3, -0.25) is 4.79 Å². The average Bonchev–Trinajstić information content (AvgIpc) is 3.34. The van der Waals surface area contributed by atoms with Crippen LogP contribution in [-0.2, 0) is 10.0 Å². The quantitative estimate of drug-likeness (QED) is 0.861. The number of carbonyl (C=O) groups is 1. The van der Waals surface area contributed by atoms with Crippen LogP contribution in [0.2, 0.25) is 0 Å². The fourth-order valence-electron chi connectivity index (χ4n) is 2.52. The number of benzene rings is 2. The van der Waals surface area contributed by atoms with E-state index < -0.39 is 10.0 Å². The molecule has 0 unspecified atom stereocenters. The first kappa shape index (κ1) is 17.6. The molecule has 0 heterocycles. The van der Waals surface area contributed by atoms with Crippen LogP contribution in [0, 0.1) is 20.8 Å². The molecule has 0 bridgehead atoms. The highest BCUT2D eigenvalue weighted by Gasteiger charge is 2.28. The van der Waals surface area contributed by atoms with Gasteiger partial charge in [0.1, 0.15) is 0 Å². The van der Waals surface area contributed by atoms with Gasteiger partial charge >= 0.3 is 0 Å². The molecule has 25 heavy (non-hydrogen) atoms. The normalized spacial score (nSPS) is 14.4. The molecule has 5 nitrogen and oxygen atoms in total. The predicted octanol–water partition coefficient (Wildman–Crippen LogP) is 3.30. The molecule has 2 N–H and O–H groups in total. The number of sulfonamides is 1. The minimum absolute atomic E-state index is 0.0270. The topological polar surface area (TPSA) is 75.3 Å². The average molecular weight is 358 g/mol. The number of aryl methyl sites for hydroxylation is 3. The van der Waals surface area contributed by atoms with Crippen LogP contribution in [0.25, 0.3) is 0 Å². The highest BCUT2D eigenvalue weighted by Crippen LogP contribution is 2.24. The molecule has 0 radical (unpaired) electrons. The molecular formula is C19H22N2O3S. The largest absolute Gasteiger partial charge is 0.322 e. The minimum atomic E-state index is -3.59. The molecule has 3 rings (SSSR count). The summed E-state index contributed by atoms with van der Waals surface area (Å²) in [6.45, 7) is 5.78. The Morgan fingerprint density at radius 1 is 0.960 bits per heavy atom. The molecule has 2 aromatic carbocycles. The van der Waals surface area contributed by atoms with Gasteiger partial charge in [-0.15, -0.1) is 0 Å². The fraction of sp³-hybridized carbons (Fsp3) is 0.316. The Bertz CT molecular complexity index is 932. The van der Waals surface area contributed by atoms with Crippen LogP contribution in [0.1, 0.15) is 39.9 Å². The highest BCUT2D eigenvalue weighted by atomic mass is 32.2. The molecule has 1 aliphatic carbocycles. The third-order valence-electron chi connectivity index (χ3n) is 4.43. The minimum Gasteiger partial charge on any atom is -0.322 e. The second-order valence-electron chi connectivity index (χ2n) is 6.63. The van der Waals surface area contributed by atoms with Gasteiger partial charge in [0, 0.05) is 17.3 Å². The van der Waals surface area contributed by atoms with Crippen LogP contribution < -0.4 is 10.0 Å². The molecule has 0 saturated heterocycles. The van der Waals surface area contributed by atoms with E-state index >= 15 is 0 Å². The van der Waals surface area contributed by atoms with Crippen molar-refractivity contribution in [3.05, 3.63) is 58.7 Å². The van der Waals surface area contributed by atoms with Crippen LogP contribution >= 0.6 is 0 Å². The van der Waals surface area contributed by atoms with Crippen molar-refractivity contribution in [2.75, 3.05) is 5.32 Å². The molecule has 0 atom stereocenters. The lowest BCUT2D eigenvalue weighted by Gasteiger charge is -2.12. The van der Waals surface area contributed by atoms with Crippen LogP contribution in [-0.4, -0.2) is 20.4 Å². The van der Waals surface area contributed by atoms with Crippen molar-refractivity contribution in [1.29, 1.82) is 0 Å². The second kappa shape index (κ2) is 6.61. The zero-order chi connectivity index (χ0) is 18.2. The standard InChI is InChI=1S/C19H22N2O3S/c1-12-4-6-16(10-14(12)3)20-19(22)18-11-17(9-5-13(18)2)25(23,24)21-15-7-8-15/h4-6,9-11,15,21H,7-8H2,1-3H3,(H,20,22). The van der Waals surface area contributed by atoms with Gasteiger partial charge in [-0.2, -0.15) is 0 Å². The fourth-order valence-corrected chi connectivity index (χ4v) is 3.85. The van der Waals surface area contributed by atoms with Gasteiger partial charge < -0.3 is 5.32 Å². The van der Waals surface area contributed by atoms with Gasteiger partial charge in [0.2, 0.25) is 10.0 Å². The summed E-state index contributed by atoms with van der Waals surface area (Å²) in [6.07, 6.45) is 1.73. The molecule has 6 heteroatoms. The van der Waals surface area contributed by atoms with Gasteiger partial charge in [0.15, 0.2) is 0 Å². The second-order valence-corrected chi connectivity index (χ2v) is 8.34. The van der Waals surface area contributed by atoms with E-state index in [1.807, 2.05) is 32.0 Å². The van der Waals surface area contributed by atoms with Crippen molar-refractivity contribution in [2.24, 2.45) is 0 Å². The van der Waals surface area contributed by atoms with E-state index in [1.54, 1.807) is 13.0 Å². The summed E-state index contributed by atoms with van der Waals surface area (Å²) in [5, 5.41) is 2.84. The van der Waals surface area contributed by atoms with Crippen LogP contribution in [0.15, 0.2) is 41.3 Å². The smallest absolute Gasteiger partial charge is 0.255 e. The number of rotatable bonds is 5. The van der Waals surface area contributed by atoms with Gasteiger partial charge in [-0.1, -0.05) is 12.1 Å². The van der Waals surface area contributed by atoms with E-state index in [0.717, 1.165) is 29.5 Å². The SMILES string of the molecule is Cc1ccc(NC(=O)c2cc(S(=O)(=O)NC3CC3)ccc2C)cc1C. The summed E-state index contributed by atoms with van der Waals surface area (Å²) >= 11 is 0. The molecule has 0 aliphatic heterocycles. The van der Waals surface area contributed by atoms with Crippen LogP contribution in [0.5, 0.6) is 0 Å². The van der Waals surface area contributed by atoms with E-state index in [4.69, 9.17) is 0 Å². The van der Waals surface area contributed by atoms with Crippen molar-refractivity contribution < 1.29 is 13.2 Å². The molecule has 1 saturated carbocycles. The maximum absolute atomic E-state index is 12.6. The number of nitrogens with one attached hydrogen (secondary N) is 2. The summed E-state index contributed by atoms with van der Waals surface area (Å²) in [7, 11) is -3.59. The molecule has 1 aliphatic rings. The number of hydrogen-bond donors (Lipinski definition) is 2. The summed E-state index contributed by atoms with van der Waals surface area (Å²) in [4.78, 5) is 12.7. The zero-order valence-corrected chi connectivity index (χ0v) is 15.4. The third kappa shape index (κ3) is 4.08. The van der Waals surface area contributed by atoms with Crippen molar-refractivity contribution in [3.8, 4) is 0 Å². The number of hydrogen-bond acceptors (Lipinski definition) is 3. The molecule has 0 spiro atoms. The van der Waals surface area contributed by atoms with Gasteiger partial charge in [-0.05, 0) is 74.6 Å². The summed E-state index contributed by atoms with van der Waals surface area (Å²) in [5.74, 6) is -0.316. The zero-order valence-electron chi connectivity index (χ0n) is 14.6. The molecule has 1 amide bonds. The van der Waals surface area contributed by atoms with Crippen LogP contribution in [0.3, 0.4) is 0 Å². The van der Waals surface area contributed by atoms with E-state index in [2.05, 4.69) is 10.0 Å². The first-order valence-electron chi connectivity index (χ1n) is 8.28. The first-order valence-corrected chi connectivity index (χ1v) is 9.76. The van der Waals surface area contributed by atoms with Gasteiger partial charge in [-0.25, -0.2) is 13.1 Å². The van der Waals surface area contributed by atoms with Crippen molar-refractivity contribution >= 4 is 21.6 Å². The number of carbonyl (C=O) groups excluding carboxylic acids is 1. The monoisotopic (exact) mass is 358 g/mol. The Balaban J connectivity index is 1.86. The summed E-state index contributed by atoms with van der Waals surface area (Å²) in [6, 6.07) is 10.3. The molecule has 2 aromatic rings. The predicted molar refractivity (Wildman–Crippen MR) is 98.4 cm³/mol. The maximum Gasteiger partial charge on any atom is 0.255 e. The first-order chi connectivity index (χ1) is 11.8. The molecule has 132 valence electrons.